The lowest BCUT2D eigenvalue weighted by Gasteiger charge is -2.70. The van der Waals surface area contributed by atoms with Gasteiger partial charge in [0.05, 0.1) is 16.8 Å². The van der Waals surface area contributed by atoms with Gasteiger partial charge in [-0.05, 0) is 49.8 Å². The summed E-state index contributed by atoms with van der Waals surface area (Å²) < 4.78 is 23.9. The summed E-state index contributed by atoms with van der Waals surface area (Å²) >= 11 is 5.61. The summed E-state index contributed by atoms with van der Waals surface area (Å²) in [6.45, 7) is 1.59. The number of aryl methyl sites for hydroxylation is 1. The predicted octanol–water partition coefficient (Wildman–Crippen LogP) is 4.07. The number of carbonyl (C=O) groups excluding carboxylic acids is 2. The van der Waals surface area contributed by atoms with Gasteiger partial charge in [0, 0.05) is 18.0 Å². The van der Waals surface area contributed by atoms with E-state index in [0.29, 0.717) is 17.7 Å². The van der Waals surface area contributed by atoms with Crippen molar-refractivity contribution < 1.29 is 23.1 Å². The highest BCUT2D eigenvalue weighted by Gasteiger charge is 2.68. The number of rotatable bonds is 7. The average molecular weight is 392 g/mol. The number of Topliss-reactive ketones (excluding diaryl/α,β-unsaturated/α-hetero) is 1. The first-order chi connectivity index (χ1) is 12.8. The number of furan rings is 1. The van der Waals surface area contributed by atoms with Crippen LogP contribution < -0.4 is 10.1 Å². The van der Waals surface area contributed by atoms with E-state index in [4.69, 9.17) is 20.8 Å². The Labute approximate surface area is 160 Å². The number of carbonyl (C=O) groups is 2. The topological polar surface area (TPSA) is 68.5 Å². The zero-order valence-corrected chi connectivity index (χ0v) is 15.6. The lowest BCUT2D eigenvalue weighted by atomic mass is 9.38. The molecular weight excluding hydrogens is 373 g/mol. The van der Waals surface area contributed by atoms with E-state index in [1.54, 1.807) is 13.0 Å². The summed E-state index contributed by atoms with van der Waals surface area (Å²) in [5, 5.41) is 2.99. The average Bonchev–Trinajstić information content (AvgIpc) is 2.99. The Morgan fingerprint density at radius 3 is 2.67 bits per heavy atom. The van der Waals surface area contributed by atoms with E-state index < -0.39 is 5.82 Å². The highest BCUT2D eigenvalue weighted by Crippen LogP contribution is 2.69. The third-order valence-corrected chi connectivity index (χ3v) is 5.81. The van der Waals surface area contributed by atoms with Crippen molar-refractivity contribution in [2.24, 2.45) is 5.41 Å². The van der Waals surface area contributed by atoms with Crippen LogP contribution in [0.25, 0.3) is 0 Å². The van der Waals surface area contributed by atoms with E-state index in [2.05, 4.69) is 5.32 Å². The van der Waals surface area contributed by atoms with Crippen LogP contribution in [0.3, 0.4) is 0 Å². The molecule has 2 aromatic rings. The highest BCUT2D eigenvalue weighted by atomic mass is 35.5. The Morgan fingerprint density at radius 1 is 1.30 bits per heavy atom. The minimum Gasteiger partial charge on any atom is -0.484 e. The molecular formula is C20H19ClFNO4. The first-order valence-corrected chi connectivity index (χ1v) is 9.14. The van der Waals surface area contributed by atoms with Crippen molar-refractivity contribution in [1.29, 1.82) is 0 Å². The molecule has 3 saturated carbocycles. The van der Waals surface area contributed by atoms with Crippen molar-refractivity contribution in [2.75, 3.05) is 6.61 Å². The number of halogens is 2. The van der Waals surface area contributed by atoms with E-state index in [1.165, 1.54) is 18.4 Å². The number of ether oxygens (including phenoxy) is 1. The summed E-state index contributed by atoms with van der Waals surface area (Å²) in [6, 6.07) is 5.75. The maximum Gasteiger partial charge on any atom is 0.258 e. The van der Waals surface area contributed by atoms with Gasteiger partial charge in [0.15, 0.2) is 12.4 Å². The van der Waals surface area contributed by atoms with Gasteiger partial charge in [0.2, 0.25) is 0 Å². The molecule has 3 aliphatic rings. The van der Waals surface area contributed by atoms with Crippen molar-refractivity contribution in [1.82, 2.24) is 5.32 Å². The molecule has 2 bridgehead atoms. The van der Waals surface area contributed by atoms with Gasteiger partial charge in [0.1, 0.15) is 17.3 Å². The van der Waals surface area contributed by atoms with Gasteiger partial charge in [0.25, 0.3) is 5.91 Å². The van der Waals surface area contributed by atoms with E-state index in [1.807, 2.05) is 0 Å². The molecule has 0 saturated heterocycles. The lowest BCUT2D eigenvalue weighted by molar-refractivity contribution is -0.164. The minimum atomic E-state index is -0.589. The Morgan fingerprint density at radius 2 is 2.04 bits per heavy atom. The van der Waals surface area contributed by atoms with Crippen LogP contribution in [0.2, 0.25) is 5.02 Å². The SMILES string of the molecule is Cc1occc1C(=O)CC12CC(NC(=O)COc3ccc(Cl)c(F)c3)(C1)C2. The highest BCUT2D eigenvalue weighted by molar-refractivity contribution is 6.30. The van der Waals surface area contributed by atoms with Gasteiger partial charge in [-0.25, -0.2) is 4.39 Å². The first-order valence-electron chi connectivity index (χ1n) is 8.76. The Kier molecular flexibility index (Phi) is 4.26. The molecule has 5 nitrogen and oxygen atoms in total. The molecule has 1 heterocycles. The molecule has 1 aromatic heterocycles. The molecule has 5 rings (SSSR count). The van der Waals surface area contributed by atoms with Crippen LogP contribution in [0.5, 0.6) is 5.75 Å². The summed E-state index contributed by atoms with van der Waals surface area (Å²) in [7, 11) is 0. The van der Waals surface area contributed by atoms with Crippen LogP contribution in [0.15, 0.2) is 34.9 Å². The van der Waals surface area contributed by atoms with E-state index in [9.17, 15) is 14.0 Å². The summed E-state index contributed by atoms with van der Waals surface area (Å²) in [5.74, 6) is 0.144. The third-order valence-electron chi connectivity index (χ3n) is 5.50. The third kappa shape index (κ3) is 3.34. The number of nitrogens with one attached hydrogen (secondary N) is 1. The second kappa shape index (κ2) is 6.37. The van der Waals surface area contributed by atoms with Gasteiger partial charge in [-0.15, -0.1) is 0 Å². The standard InChI is InChI=1S/C20H19ClFNO4/c1-12-14(4-5-26-12)17(24)7-19-9-20(10-19,11-19)23-18(25)8-27-13-2-3-15(21)16(22)6-13/h2-6H,7-11H2,1H3,(H,23,25). The van der Waals surface area contributed by atoms with Gasteiger partial charge >= 0.3 is 0 Å². The van der Waals surface area contributed by atoms with Crippen molar-refractivity contribution >= 4 is 23.3 Å². The molecule has 7 heteroatoms. The molecule has 0 spiro atoms. The fourth-order valence-corrected chi connectivity index (χ4v) is 4.59. The number of amides is 1. The lowest BCUT2D eigenvalue weighted by Crippen LogP contribution is -2.75. The second-order valence-corrected chi connectivity index (χ2v) is 8.12. The predicted molar refractivity (Wildman–Crippen MR) is 96.5 cm³/mol. The number of benzene rings is 1. The van der Waals surface area contributed by atoms with E-state index >= 15 is 0 Å². The minimum absolute atomic E-state index is 0.00567. The molecule has 27 heavy (non-hydrogen) atoms. The van der Waals surface area contributed by atoms with Crippen molar-refractivity contribution in [3.8, 4) is 5.75 Å². The fraction of sp³-hybridized carbons (Fsp3) is 0.400. The van der Waals surface area contributed by atoms with Crippen LogP contribution in [-0.4, -0.2) is 23.8 Å². The largest absolute Gasteiger partial charge is 0.484 e. The van der Waals surface area contributed by atoms with Crippen LogP contribution in [0.4, 0.5) is 4.39 Å². The van der Waals surface area contributed by atoms with Crippen LogP contribution >= 0.6 is 11.6 Å². The van der Waals surface area contributed by atoms with Gasteiger partial charge in [-0.1, -0.05) is 11.6 Å². The monoisotopic (exact) mass is 391 g/mol. The Hall–Kier alpha value is -2.34. The smallest absolute Gasteiger partial charge is 0.258 e. The summed E-state index contributed by atoms with van der Waals surface area (Å²) in [5.41, 5.74) is 0.410. The van der Waals surface area contributed by atoms with Gasteiger partial charge < -0.3 is 14.5 Å². The van der Waals surface area contributed by atoms with Crippen LogP contribution in [0, 0.1) is 18.2 Å². The first kappa shape index (κ1) is 18.0. The molecule has 0 aliphatic heterocycles. The van der Waals surface area contributed by atoms with E-state index in [0.717, 1.165) is 25.3 Å². The molecule has 142 valence electrons. The van der Waals surface area contributed by atoms with Crippen LogP contribution in [-0.2, 0) is 4.79 Å². The van der Waals surface area contributed by atoms with Crippen molar-refractivity contribution in [3.05, 3.63) is 52.7 Å². The Bertz CT molecular complexity index is 903. The van der Waals surface area contributed by atoms with Gasteiger partial charge in [-0.3, -0.25) is 9.59 Å². The molecule has 1 aromatic carbocycles. The zero-order chi connectivity index (χ0) is 19.2. The molecule has 1 amide bonds. The fourth-order valence-electron chi connectivity index (χ4n) is 4.48. The van der Waals surface area contributed by atoms with Crippen molar-refractivity contribution in [2.45, 2.75) is 38.1 Å². The van der Waals surface area contributed by atoms with Crippen molar-refractivity contribution in [3.63, 3.8) is 0 Å². The molecule has 0 radical (unpaired) electrons. The molecule has 1 N–H and O–H groups in total. The number of ketones is 1. The maximum atomic E-state index is 13.4. The second-order valence-electron chi connectivity index (χ2n) is 7.71. The summed E-state index contributed by atoms with van der Waals surface area (Å²) in [4.78, 5) is 24.5. The molecule has 0 atom stereocenters. The Balaban J connectivity index is 1.24. The normalized spacial score (nSPS) is 25.3. The van der Waals surface area contributed by atoms with Gasteiger partial charge in [-0.2, -0.15) is 0 Å². The molecule has 0 unspecified atom stereocenters. The maximum absolute atomic E-state index is 13.4. The summed E-state index contributed by atoms with van der Waals surface area (Å²) in [6.07, 6.45) is 4.39. The quantitative estimate of drug-likeness (QED) is 0.722. The van der Waals surface area contributed by atoms with Crippen LogP contribution in [0.1, 0.15) is 41.8 Å². The van der Waals surface area contributed by atoms with E-state index in [-0.39, 0.29) is 40.0 Å². The zero-order valence-electron chi connectivity index (χ0n) is 14.8. The molecule has 3 fully saturated rings. The number of hydrogen-bond donors (Lipinski definition) is 1. The molecule has 3 aliphatic carbocycles. The number of hydrogen-bond acceptors (Lipinski definition) is 4.